The van der Waals surface area contributed by atoms with Gasteiger partial charge in [0.25, 0.3) is 0 Å². The fourth-order valence-corrected chi connectivity index (χ4v) is 3.50. The van der Waals surface area contributed by atoms with Crippen LogP contribution in [0.5, 0.6) is 0 Å². The predicted molar refractivity (Wildman–Crippen MR) is 52.0 cm³/mol. The van der Waals surface area contributed by atoms with Gasteiger partial charge in [-0.05, 0) is 42.2 Å². The lowest BCUT2D eigenvalue weighted by molar-refractivity contribution is 0.250. The molecule has 0 bridgehead atoms. The fourth-order valence-electron chi connectivity index (χ4n) is 3.50. The molecule has 2 fully saturated rings. The van der Waals surface area contributed by atoms with Gasteiger partial charge in [-0.1, -0.05) is 27.7 Å². The van der Waals surface area contributed by atoms with Crippen LogP contribution in [-0.2, 0) is 0 Å². The Morgan fingerprint density at radius 1 is 1.17 bits per heavy atom. The van der Waals surface area contributed by atoms with Gasteiger partial charge in [-0.3, -0.25) is 0 Å². The van der Waals surface area contributed by atoms with Crippen molar-refractivity contribution in [1.82, 2.24) is 5.32 Å². The SMILES string of the molecule is CC1(C)CCNCC2C1C2(C)C. The Morgan fingerprint density at radius 2 is 1.83 bits per heavy atom. The fraction of sp³-hybridized carbons (Fsp3) is 1.00. The van der Waals surface area contributed by atoms with Gasteiger partial charge < -0.3 is 5.32 Å². The molecule has 2 atom stereocenters. The zero-order chi connectivity index (χ0) is 8.98. The first-order chi connectivity index (χ1) is 5.46. The van der Waals surface area contributed by atoms with E-state index in [1.54, 1.807) is 0 Å². The minimum Gasteiger partial charge on any atom is -0.316 e. The summed E-state index contributed by atoms with van der Waals surface area (Å²) in [7, 11) is 0. The van der Waals surface area contributed by atoms with Gasteiger partial charge in [0.1, 0.15) is 0 Å². The van der Waals surface area contributed by atoms with E-state index in [1.165, 1.54) is 19.5 Å². The highest BCUT2D eigenvalue weighted by Crippen LogP contribution is 2.66. The van der Waals surface area contributed by atoms with Crippen LogP contribution in [0.1, 0.15) is 34.1 Å². The maximum Gasteiger partial charge on any atom is -0.00122 e. The van der Waals surface area contributed by atoms with Gasteiger partial charge in [-0.15, -0.1) is 0 Å². The molecule has 0 amide bonds. The van der Waals surface area contributed by atoms with E-state index in [0.717, 1.165) is 11.8 Å². The van der Waals surface area contributed by atoms with Crippen molar-refractivity contribution in [2.45, 2.75) is 34.1 Å². The molecule has 1 N–H and O–H groups in total. The van der Waals surface area contributed by atoms with Crippen molar-refractivity contribution in [3.05, 3.63) is 0 Å². The lowest BCUT2D eigenvalue weighted by Gasteiger charge is -2.25. The topological polar surface area (TPSA) is 12.0 Å². The molecule has 0 aromatic heterocycles. The van der Waals surface area contributed by atoms with Crippen molar-refractivity contribution in [2.24, 2.45) is 22.7 Å². The molecule has 0 aromatic carbocycles. The van der Waals surface area contributed by atoms with Gasteiger partial charge in [0.05, 0.1) is 0 Å². The van der Waals surface area contributed by atoms with Gasteiger partial charge in [-0.25, -0.2) is 0 Å². The second-order valence-electron chi connectivity index (χ2n) is 5.85. The van der Waals surface area contributed by atoms with E-state index in [1.807, 2.05) is 0 Å². The Kier molecular flexibility index (Phi) is 1.61. The molecular formula is C11H21N. The highest BCUT2D eigenvalue weighted by molar-refractivity contribution is 5.12. The van der Waals surface area contributed by atoms with Crippen molar-refractivity contribution in [2.75, 3.05) is 13.1 Å². The van der Waals surface area contributed by atoms with Crippen LogP contribution < -0.4 is 5.32 Å². The lowest BCUT2D eigenvalue weighted by atomic mass is 9.80. The van der Waals surface area contributed by atoms with Gasteiger partial charge in [0.2, 0.25) is 0 Å². The van der Waals surface area contributed by atoms with Crippen LogP contribution in [0.2, 0.25) is 0 Å². The number of rotatable bonds is 0. The second kappa shape index (κ2) is 2.25. The zero-order valence-corrected chi connectivity index (χ0v) is 8.78. The Labute approximate surface area is 75.9 Å². The van der Waals surface area contributed by atoms with Gasteiger partial charge >= 0.3 is 0 Å². The summed E-state index contributed by atoms with van der Waals surface area (Å²) in [5, 5.41) is 3.55. The molecule has 1 heterocycles. The van der Waals surface area contributed by atoms with E-state index >= 15 is 0 Å². The molecule has 70 valence electrons. The van der Waals surface area contributed by atoms with Crippen LogP contribution in [0.4, 0.5) is 0 Å². The van der Waals surface area contributed by atoms with Crippen LogP contribution in [0.3, 0.4) is 0 Å². The third-order valence-corrected chi connectivity index (χ3v) is 4.20. The monoisotopic (exact) mass is 167 g/mol. The average molecular weight is 167 g/mol. The molecule has 1 saturated carbocycles. The van der Waals surface area contributed by atoms with E-state index in [2.05, 4.69) is 33.0 Å². The van der Waals surface area contributed by atoms with E-state index in [0.29, 0.717) is 10.8 Å². The second-order valence-corrected chi connectivity index (χ2v) is 5.85. The van der Waals surface area contributed by atoms with E-state index in [9.17, 15) is 0 Å². The Balaban J connectivity index is 2.19. The summed E-state index contributed by atoms with van der Waals surface area (Å²) >= 11 is 0. The number of fused-ring (bicyclic) bond motifs is 1. The summed E-state index contributed by atoms with van der Waals surface area (Å²) < 4.78 is 0. The number of nitrogens with one attached hydrogen (secondary N) is 1. The molecule has 0 radical (unpaired) electrons. The average Bonchev–Trinajstić information content (AvgIpc) is 2.51. The minimum atomic E-state index is 0.567. The summed E-state index contributed by atoms with van der Waals surface area (Å²) in [6.07, 6.45) is 1.34. The van der Waals surface area contributed by atoms with Crippen LogP contribution >= 0.6 is 0 Å². The van der Waals surface area contributed by atoms with Crippen LogP contribution in [0.25, 0.3) is 0 Å². The number of hydrogen-bond donors (Lipinski definition) is 1. The Morgan fingerprint density at radius 3 is 2.50 bits per heavy atom. The molecule has 2 unspecified atom stereocenters. The van der Waals surface area contributed by atoms with Gasteiger partial charge in [-0.2, -0.15) is 0 Å². The highest BCUT2D eigenvalue weighted by atomic mass is 14.9. The van der Waals surface area contributed by atoms with Crippen LogP contribution in [0.15, 0.2) is 0 Å². The third-order valence-electron chi connectivity index (χ3n) is 4.20. The zero-order valence-electron chi connectivity index (χ0n) is 8.78. The smallest absolute Gasteiger partial charge is 0.00122 e. The van der Waals surface area contributed by atoms with E-state index < -0.39 is 0 Å². The van der Waals surface area contributed by atoms with E-state index in [4.69, 9.17) is 0 Å². The van der Waals surface area contributed by atoms with Crippen molar-refractivity contribution < 1.29 is 0 Å². The largest absolute Gasteiger partial charge is 0.316 e. The predicted octanol–water partition coefficient (Wildman–Crippen LogP) is 2.28. The maximum atomic E-state index is 3.55. The summed E-state index contributed by atoms with van der Waals surface area (Å²) in [4.78, 5) is 0. The summed E-state index contributed by atoms with van der Waals surface area (Å²) in [5.41, 5.74) is 1.18. The maximum absolute atomic E-state index is 3.55. The lowest BCUT2D eigenvalue weighted by Crippen LogP contribution is -2.23. The van der Waals surface area contributed by atoms with Crippen molar-refractivity contribution in [3.63, 3.8) is 0 Å². The summed E-state index contributed by atoms with van der Waals surface area (Å²) in [6, 6.07) is 0. The first-order valence-electron chi connectivity index (χ1n) is 5.17. The summed E-state index contributed by atoms with van der Waals surface area (Å²) in [5.74, 6) is 1.90. The standard InChI is InChI=1S/C11H21N/c1-10(2)5-6-12-7-8-9(10)11(8,3)4/h8-9,12H,5-7H2,1-4H3. The molecule has 2 aliphatic rings. The first kappa shape index (κ1) is 8.55. The van der Waals surface area contributed by atoms with Crippen molar-refractivity contribution in [3.8, 4) is 0 Å². The van der Waals surface area contributed by atoms with Crippen molar-refractivity contribution in [1.29, 1.82) is 0 Å². The molecule has 1 heteroatoms. The quantitative estimate of drug-likeness (QED) is 0.583. The molecule has 0 aromatic rings. The van der Waals surface area contributed by atoms with Crippen molar-refractivity contribution >= 4 is 0 Å². The molecule has 2 rings (SSSR count). The van der Waals surface area contributed by atoms with Gasteiger partial charge in [0, 0.05) is 0 Å². The number of hydrogen-bond acceptors (Lipinski definition) is 1. The molecular weight excluding hydrogens is 146 g/mol. The minimum absolute atomic E-state index is 0.567. The Bertz CT molecular complexity index is 193. The first-order valence-corrected chi connectivity index (χ1v) is 5.17. The van der Waals surface area contributed by atoms with Gasteiger partial charge in [0.15, 0.2) is 0 Å². The molecule has 12 heavy (non-hydrogen) atoms. The van der Waals surface area contributed by atoms with Crippen LogP contribution in [0, 0.1) is 22.7 Å². The molecule has 1 nitrogen and oxygen atoms in total. The molecule has 0 spiro atoms. The summed E-state index contributed by atoms with van der Waals surface area (Å²) in [6.45, 7) is 12.2. The third kappa shape index (κ3) is 1.02. The van der Waals surface area contributed by atoms with Crippen LogP contribution in [-0.4, -0.2) is 13.1 Å². The molecule has 1 aliphatic heterocycles. The highest BCUT2D eigenvalue weighted by Gasteiger charge is 2.63. The Hall–Kier alpha value is -0.0400. The molecule has 1 aliphatic carbocycles. The molecule has 1 saturated heterocycles. The normalized spacial score (nSPS) is 43.0. The van der Waals surface area contributed by atoms with E-state index in [-0.39, 0.29) is 0 Å².